The summed E-state index contributed by atoms with van der Waals surface area (Å²) in [5.41, 5.74) is 3.91. The number of hydrogen-bond acceptors (Lipinski definition) is 5. The van der Waals surface area contributed by atoms with Crippen LogP contribution in [0.15, 0.2) is 66.0 Å². The Kier molecular flexibility index (Phi) is 7.51. The maximum atomic E-state index is 12.2. The molecule has 2 aromatic rings. The van der Waals surface area contributed by atoms with Gasteiger partial charge in [-0.2, -0.15) is 0 Å². The van der Waals surface area contributed by atoms with E-state index in [-0.39, 0.29) is 12.1 Å². The molecule has 0 saturated heterocycles. The topological polar surface area (TPSA) is 91.3 Å². The van der Waals surface area contributed by atoms with Gasteiger partial charge in [-0.25, -0.2) is 0 Å². The molecular formula is C22H25N3O3. The Morgan fingerprint density at radius 1 is 1.04 bits per heavy atom. The molecule has 28 heavy (non-hydrogen) atoms. The van der Waals surface area contributed by atoms with Crippen LogP contribution in [-0.4, -0.2) is 24.2 Å². The third-order valence-electron chi connectivity index (χ3n) is 3.92. The molecule has 0 fully saturated rings. The zero-order chi connectivity index (χ0) is 20.5. The van der Waals surface area contributed by atoms with Crippen molar-refractivity contribution >= 4 is 23.3 Å². The van der Waals surface area contributed by atoms with E-state index in [4.69, 9.17) is 10.1 Å². The number of anilines is 1. The summed E-state index contributed by atoms with van der Waals surface area (Å²) < 4.78 is 5.06. The monoisotopic (exact) mass is 379 g/mol. The second kappa shape index (κ2) is 10.1. The number of allylic oxidation sites excluding steroid dienone is 2. The van der Waals surface area contributed by atoms with E-state index in [1.54, 1.807) is 13.8 Å². The van der Waals surface area contributed by atoms with Gasteiger partial charge in [-0.1, -0.05) is 48.0 Å². The minimum atomic E-state index is -0.492. The molecule has 0 spiro atoms. The molecule has 0 unspecified atom stereocenters. The van der Waals surface area contributed by atoms with Crippen LogP contribution < -0.4 is 10.6 Å². The zero-order valence-corrected chi connectivity index (χ0v) is 16.3. The molecule has 2 rings (SSSR count). The van der Waals surface area contributed by atoms with Crippen molar-refractivity contribution in [3.05, 3.63) is 77.1 Å². The molecule has 6 heteroatoms. The molecule has 2 aromatic carbocycles. The first kappa shape index (κ1) is 20.9. The van der Waals surface area contributed by atoms with E-state index in [1.165, 1.54) is 0 Å². The van der Waals surface area contributed by atoms with Crippen LogP contribution in [0.5, 0.6) is 0 Å². The zero-order valence-electron chi connectivity index (χ0n) is 16.3. The lowest BCUT2D eigenvalue weighted by Crippen LogP contribution is -2.32. The number of benzene rings is 2. The predicted octanol–water partition coefficient (Wildman–Crippen LogP) is 3.58. The van der Waals surface area contributed by atoms with Crippen molar-refractivity contribution in [3.8, 4) is 0 Å². The van der Waals surface area contributed by atoms with Crippen LogP contribution in [0.1, 0.15) is 25.0 Å². The summed E-state index contributed by atoms with van der Waals surface area (Å²) in [6, 6.07) is 17.0. The first-order valence-corrected chi connectivity index (χ1v) is 8.94. The van der Waals surface area contributed by atoms with Crippen LogP contribution in [0.25, 0.3) is 0 Å². The Balaban J connectivity index is 1.92. The van der Waals surface area contributed by atoms with E-state index < -0.39 is 18.5 Å². The Morgan fingerprint density at radius 3 is 2.39 bits per heavy atom. The number of nitrogens with one attached hydrogen (secondary N) is 3. The number of para-hydroxylation sites is 1. The highest BCUT2D eigenvalue weighted by Gasteiger charge is 2.13. The summed E-state index contributed by atoms with van der Waals surface area (Å²) in [5.74, 6) is -0.967. The second-order valence-electron chi connectivity index (χ2n) is 6.49. The molecule has 0 aromatic heterocycles. The Labute approximate surface area is 165 Å². The van der Waals surface area contributed by atoms with Gasteiger partial charge >= 0.3 is 5.97 Å². The van der Waals surface area contributed by atoms with E-state index in [9.17, 15) is 9.59 Å². The van der Waals surface area contributed by atoms with Crippen molar-refractivity contribution in [3.63, 3.8) is 0 Å². The lowest BCUT2D eigenvalue weighted by molar-refractivity contribution is -0.147. The van der Waals surface area contributed by atoms with Crippen LogP contribution in [0.3, 0.4) is 0 Å². The number of esters is 1. The summed E-state index contributed by atoms with van der Waals surface area (Å²) in [7, 11) is 0. The van der Waals surface area contributed by atoms with Crippen molar-refractivity contribution < 1.29 is 14.3 Å². The summed E-state index contributed by atoms with van der Waals surface area (Å²) in [6.07, 6.45) is 0.107. The Hall–Kier alpha value is -3.41. The molecule has 0 radical (unpaired) electrons. The molecule has 1 amide bonds. The van der Waals surface area contributed by atoms with E-state index in [0.29, 0.717) is 11.4 Å². The molecule has 0 atom stereocenters. The summed E-state index contributed by atoms with van der Waals surface area (Å²) in [4.78, 5) is 24.1. The van der Waals surface area contributed by atoms with Gasteiger partial charge in [0, 0.05) is 11.4 Å². The van der Waals surface area contributed by atoms with E-state index in [0.717, 1.165) is 16.8 Å². The predicted molar refractivity (Wildman–Crippen MR) is 110 cm³/mol. The molecule has 0 saturated carbocycles. The van der Waals surface area contributed by atoms with E-state index in [2.05, 4.69) is 10.6 Å². The van der Waals surface area contributed by atoms with Gasteiger partial charge in [0.25, 0.3) is 5.91 Å². The third kappa shape index (κ3) is 6.72. The Bertz CT molecular complexity index is 889. The normalized spacial score (nSPS) is 11.2. The highest BCUT2D eigenvalue weighted by atomic mass is 16.5. The van der Waals surface area contributed by atoms with Gasteiger partial charge < -0.3 is 20.8 Å². The fourth-order valence-corrected chi connectivity index (χ4v) is 2.63. The van der Waals surface area contributed by atoms with Gasteiger partial charge in [-0.05, 0) is 38.5 Å². The maximum Gasteiger partial charge on any atom is 0.310 e. The minimum Gasteiger partial charge on any atom is -0.455 e. The largest absolute Gasteiger partial charge is 0.455 e. The lowest BCUT2D eigenvalue weighted by Gasteiger charge is -2.15. The quantitative estimate of drug-likeness (QED) is 0.483. The van der Waals surface area contributed by atoms with E-state index >= 15 is 0 Å². The van der Waals surface area contributed by atoms with Gasteiger partial charge in [-0.3, -0.25) is 9.59 Å². The molecule has 6 nitrogen and oxygen atoms in total. The number of carbonyl (C=O) groups is 2. The molecule has 0 aliphatic heterocycles. The van der Waals surface area contributed by atoms with E-state index in [1.807, 2.05) is 61.5 Å². The Morgan fingerprint density at radius 2 is 1.75 bits per heavy atom. The van der Waals surface area contributed by atoms with Crippen LogP contribution in [0, 0.1) is 12.3 Å². The van der Waals surface area contributed by atoms with Crippen molar-refractivity contribution in [2.45, 2.75) is 27.2 Å². The van der Waals surface area contributed by atoms with Crippen molar-refractivity contribution in [1.82, 2.24) is 5.32 Å². The summed E-state index contributed by atoms with van der Waals surface area (Å²) in [5, 5.41) is 13.7. The minimum absolute atomic E-state index is 0.107. The number of amides is 1. The van der Waals surface area contributed by atoms with Gasteiger partial charge in [-0.15, -0.1) is 0 Å². The molecule has 146 valence electrons. The maximum absolute atomic E-state index is 12.2. The van der Waals surface area contributed by atoms with Crippen molar-refractivity contribution in [1.29, 1.82) is 5.41 Å². The first-order valence-electron chi connectivity index (χ1n) is 8.94. The standard InChI is InChI=1S/C22H25N3O3/c1-15-8-7-9-18(12-15)13-21(27)28-14-20(26)25-22(16(2)23)17(3)24-19-10-5-4-6-11-19/h4-12,23-24H,13-14H2,1-3H3,(H,25,26)/b22-17+,23-16?. The fraction of sp³-hybridized carbons (Fsp3) is 0.227. The average Bonchev–Trinajstić information content (AvgIpc) is 2.65. The van der Waals surface area contributed by atoms with Crippen molar-refractivity contribution in [2.75, 3.05) is 11.9 Å². The number of rotatable bonds is 8. The number of hydrogen-bond donors (Lipinski definition) is 3. The average molecular weight is 379 g/mol. The van der Waals surface area contributed by atoms with Gasteiger partial charge in [0.05, 0.1) is 17.8 Å². The van der Waals surface area contributed by atoms with Crippen LogP contribution in [0.2, 0.25) is 0 Å². The number of carbonyl (C=O) groups excluding carboxylic acids is 2. The molecule has 0 aliphatic carbocycles. The number of aryl methyl sites for hydroxylation is 1. The van der Waals surface area contributed by atoms with Gasteiger partial charge in [0.1, 0.15) is 0 Å². The molecule has 3 N–H and O–H groups in total. The van der Waals surface area contributed by atoms with Gasteiger partial charge in [0.2, 0.25) is 0 Å². The highest BCUT2D eigenvalue weighted by molar-refractivity contribution is 6.00. The second-order valence-corrected chi connectivity index (χ2v) is 6.49. The molecule has 0 heterocycles. The first-order chi connectivity index (χ1) is 13.3. The van der Waals surface area contributed by atoms with Crippen molar-refractivity contribution in [2.24, 2.45) is 0 Å². The lowest BCUT2D eigenvalue weighted by atomic mass is 10.1. The van der Waals surface area contributed by atoms with Crippen LogP contribution >= 0.6 is 0 Å². The highest BCUT2D eigenvalue weighted by Crippen LogP contribution is 2.11. The smallest absolute Gasteiger partial charge is 0.310 e. The summed E-state index contributed by atoms with van der Waals surface area (Å²) >= 11 is 0. The fourth-order valence-electron chi connectivity index (χ4n) is 2.63. The SMILES string of the molecule is CC(=N)/C(NC(=O)COC(=O)Cc1cccc(C)c1)=C(/C)Nc1ccccc1. The van der Waals surface area contributed by atoms with Crippen LogP contribution in [-0.2, 0) is 20.7 Å². The third-order valence-corrected chi connectivity index (χ3v) is 3.92. The van der Waals surface area contributed by atoms with Crippen LogP contribution in [0.4, 0.5) is 5.69 Å². The number of ether oxygens (including phenoxy) is 1. The molecular weight excluding hydrogens is 354 g/mol. The molecule has 0 aliphatic rings. The summed E-state index contributed by atoms with van der Waals surface area (Å²) in [6.45, 7) is 4.89. The molecule has 0 bridgehead atoms. The van der Waals surface area contributed by atoms with Gasteiger partial charge in [0.15, 0.2) is 6.61 Å².